The molecular formula is C10H8Cl2FNO. The molecule has 1 aromatic carbocycles. The van der Waals surface area contributed by atoms with Crippen LogP contribution in [0.4, 0.5) is 10.1 Å². The van der Waals surface area contributed by atoms with Crippen LogP contribution in [0.2, 0.25) is 0 Å². The third-order valence-corrected chi connectivity index (χ3v) is 3.07. The number of hydrogen-bond donors (Lipinski definition) is 1. The summed E-state index contributed by atoms with van der Waals surface area (Å²) in [6, 6.07) is 5.67. The van der Waals surface area contributed by atoms with Gasteiger partial charge in [-0.25, -0.2) is 4.39 Å². The molecule has 1 aromatic rings. The molecule has 0 bridgehead atoms. The van der Waals surface area contributed by atoms with E-state index in [9.17, 15) is 9.18 Å². The van der Waals surface area contributed by atoms with Gasteiger partial charge in [-0.15, -0.1) is 23.2 Å². The lowest BCUT2D eigenvalue weighted by molar-refractivity contribution is -0.117. The number of anilines is 1. The van der Waals surface area contributed by atoms with Crippen molar-refractivity contribution in [2.45, 2.75) is 10.8 Å². The Bertz CT molecular complexity index is 408. The van der Waals surface area contributed by atoms with E-state index >= 15 is 0 Å². The summed E-state index contributed by atoms with van der Waals surface area (Å²) >= 11 is 11.5. The van der Waals surface area contributed by atoms with Crippen molar-refractivity contribution in [3.8, 4) is 0 Å². The molecule has 1 atom stereocenters. The molecule has 0 aliphatic heterocycles. The first-order chi connectivity index (χ1) is 6.99. The number of rotatable bonds is 2. The van der Waals surface area contributed by atoms with Crippen molar-refractivity contribution in [2.75, 3.05) is 5.32 Å². The van der Waals surface area contributed by atoms with Crippen LogP contribution in [0, 0.1) is 11.7 Å². The predicted molar refractivity (Wildman–Crippen MR) is 57.6 cm³/mol. The molecule has 1 saturated carbocycles. The quantitative estimate of drug-likeness (QED) is 0.801. The normalized spacial score (nSPS) is 22.2. The van der Waals surface area contributed by atoms with E-state index in [-0.39, 0.29) is 5.91 Å². The number of carbonyl (C=O) groups excluding carboxylic acids is 1. The molecule has 1 N–H and O–H groups in total. The summed E-state index contributed by atoms with van der Waals surface area (Å²) in [6.45, 7) is 0. The van der Waals surface area contributed by atoms with Crippen LogP contribution in [0.1, 0.15) is 6.42 Å². The van der Waals surface area contributed by atoms with Gasteiger partial charge in [0.15, 0.2) is 0 Å². The smallest absolute Gasteiger partial charge is 0.230 e. The second-order valence-corrected chi connectivity index (χ2v) is 5.06. The van der Waals surface area contributed by atoms with Gasteiger partial charge in [0, 0.05) is 5.69 Å². The first kappa shape index (κ1) is 10.7. The van der Waals surface area contributed by atoms with Crippen LogP contribution in [0.25, 0.3) is 0 Å². The summed E-state index contributed by atoms with van der Waals surface area (Å²) in [5.74, 6) is -1.07. The van der Waals surface area contributed by atoms with Gasteiger partial charge in [-0.1, -0.05) is 6.07 Å². The number of amides is 1. The summed E-state index contributed by atoms with van der Waals surface area (Å²) in [7, 11) is 0. The molecule has 0 saturated heterocycles. The van der Waals surface area contributed by atoms with E-state index in [1.165, 1.54) is 18.2 Å². The van der Waals surface area contributed by atoms with E-state index in [4.69, 9.17) is 23.2 Å². The summed E-state index contributed by atoms with van der Waals surface area (Å²) in [6.07, 6.45) is 0.442. The van der Waals surface area contributed by atoms with Crippen LogP contribution in [-0.4, -0.2) is 10.2 Å². The zero-order chi connectivity index (χ0) is 11.1. The van der Waals surface area contributed by atoms with Gasteiger partial charge in [-0.2, -0.15) is 0 Å². The lowest BCUT2D eigenvalue weighted by Gasteiger charge is -2.04. The van der Waals surface area contributed by atoms with E-state index in [1.807, 2.05) is 0 Å². The molecule has 0 spiro atoms. The Balaban J connectivity index is 2.01. The second kappa shape index (κ2) is 3.65. The van der Waals surface area contributed by atoms with Gasteiger partial charge < -0.3 is 5.32 Å². The maximum atomic E-state index is 12.8. The van der Waals surface area contributed by atoms with E-state index < -0.39 is 16.1 Å². The SMILES string of the molecule is O=C(Nc1cccc(F)c1)C1CC1(Cl)Cl. The number of halogens is 3. The first-order valence-corrected chi connectivity index (χ1v) is 5.19. The van der Waals surface area contributed by atoms with Gasteiger partial charge >= 0.3 is 0 Å². The first-order valence-electron chi connectivity index (χ1n) is 4.43. The Morgan fingerprint density at radius 2 is 2.20 bits per heavy atom. The van der Waals surface area contributed by atoms with Crippen molar-refractivity contribution < 1.29 is 9.18 Å². The van der Waals surface area contributed by atoms with Crippen molar-refractivity contribution >= 4 is 34.8 Å². The van der Waals surface area contributed by atoms with Gasteiger partial charge in [0.2, 0.25) is 5.91 Å². The van der Waals surface area contributed by atoms with Crippen molar-refractivity contribution in [1.82, 2.24) is 0 Å². The zero-order valence-corrected chi connectivity index (χ0v) is 9.15. The Morgan fingerprint density at radius 3 is 2.73 bits per heavy atom. The highest BCUT2D eigenvalue weighted by atomic mass is 35.5. The molecule has 0 heterocycles. The Kier molecular flexibility index (Phi) is 2.61. The van der Waals surface area contributed by atoms with Crippen LogP contribution < -0.4 is 5.32 Å². The van der Waals surface area contributed by atoms with Crippen molar-refractivity contribution in [3.63, 3.8) is 0 Å². The lowest BCUT2D eigenvalue weighted by atomic mass is 10.3. The molecule has 0 radical (unpaired) electrons. The Hall–Kier alpha value is -0.800. The highest BCUT2D eigenvalue weighted by Gasteiger charge is 2.56. The summed E-state index contributed by atoms with van der Waals surface area (Å²) in [5, 5.41) is 2.55. The fraction of sp³-hybridized carbons (Fsp3) is 0.300. The van der Waals surface area contributed by atoms with Gasteiger partial charge in [-0.3, -0.25) is 4.79 Å². The standard InChI is InChI=1S/C10H8Cl2FNO/c11-10(12)5-8(10)9(15)14-7-3-1-2-6(13)4-7/h1-4,8H,5H2,(H,14,15). The highest BCUT2D eigenvalue weighted by molar-refractivity contribution is 6.52. The molecule has 2 rings (SSSR count). The molecule has 5 heteroatoms. The van der Waals surface area contributed by atoms with Crippen molar-refractivity contribution in [2.24, 2.45) is 5.92 Å². The molecule has 1 amide bonds. The van der Waals surface area contributed by atoms with Crippen LogP contribution in [0.5, 0.6) is 0 Å². The van der Waals surface area contributed by atoms with E-state index in [2.05, 4.69) is 5.32 Å². The second-order valence-electron chi connectivity index (χ2n) is 3.52. The zero-order valence-electron chi connectivity index (χ0n) is 7.64. The van der Waals surface area contributed by atoms with Crippen molar-refractivity contribution in [1.29, 1.82) is 0 Å². The van der Waals surface area contributed by atoms with Gasteiger partial charge in [0.25, 0.3) is 0 Å². The molecule has 1 aliphatic carbocycles. The molecule has 0 aromatic heterocycles. The van der Waals surface area contributed by atoms with Crippen LogP contribution in [0.15, 0.2) is 24.3 Å². The minimum atomic E-state index is -0.947. The Morgan fingerprint density at radius 1 is 1.53 bits per heavy atom. The van der Waals surface area contributed by atoms with Crippen LogP contribution in [-0.2, 0) is 4.79 Å². The average molecular weight is 248 g/mol. The molecular weight excluding hydrogens is 240 g/mol. The molecule has 1 fully saturated rings. The minimum Gasteiger partial charge on any atom is -0.326 e. The predicted octanol–water partition coefficient (Wildman–Crippen LogP) is 2.96. The maximum absolute atomic E-state index is 12.8. The topological polar surface area (TPSA) is 29.1 Å². The fourth-order valence-electron chi connectivity index (χ4n) is 1.29. The molecule has 1 unspecified atom stereocenters. The summed E-state index contributed by atoms with van der Waals surface area (Å²) in [5.41, 5.74) is 0.413. The van der Waals surface area contributed by atoms with Crippen LogP contribution in [0.3, 0.4) is 0 Å². The summed E-state index contributed by atoms with van der Waals surface area (Å²) < 4.78 is 11.8. The van der Waals surface area contributed by atoms with E-state index in [0.717, 1.165) is 0 Å². The molecule has 15 heavy (non-hydrogen) atoms. The Labute approximate surface area is 96.4 Å². The molecule has 1 aliphatic rings. The monoisotopic (exact) mass is 247 g/mol. The number of carbonyl (C=O) groups is 1. The van der Waals surface area contributed by atoms with Gasteiger partial charge in [0.05, 0.1) is 5.92 Å². The molecule has 2 nitrogen and oxygen atoms in total. The number of benzene rings is 1. The maximum Gasteiger partial charge on any atom is 0.230 e. The largest absolute Gasteiger partial charge is 0.326 e. The van der Waals surface area contributed by atoms with Gasteiger partial charge in [0.1, 0.15) is 10.2 Å². The number of hydrogen-bond acceptors (Lipinski definition) is 1. The van der Waals surface area contributed by atoms with Crippen molar-refractivity contribution in [3.05, 3.63) is 30.1 Å². The minimum absolute atomic E-state index is 0.273. The average Bonchev–Trinajstić information content (AvgIpc) is 2.75. The highest BCUT2D eigenvalue weighted by Crippen LogP contribution is 2.53. The molecule has 80 valence electrons. The van der Waals surface area contributed by atoms with E-state index in [0.29, 0.717) is 12.1 Å². The fourth-order valence-corrected chi connectivity index (χ4v) is 1.80. The van der Waals surface area contributed by atoms with E-state index in [1.54, 1.807) is 6.07 Å². The third kappa shape index (κ3) is 2.41. The summed E-state index contributed by atoms with van der Waals surface area (Å²) in [4.78, 5) is 11.5. The number of alkyl halides is 2. The van der Waals surface area contributed by atoms with Gasteiger partial charge in [-0.05, 0) is 24.6 Å². The lowest BCUT2D eigenvalue weighted by Crippen LogP contribution is -2.16. The third-order valence-electron chi connectivity index (χ3n) is 2.23. The number of nitrogens with one attached hydrogen (secondary N) is 1. The van der Waals surface area contributed by atoms with Crippen LogP contribution >= 0.6 is 23.2 Å².